The van der Waals surface area contributed by atoms with E-state index in [4.69, 9.17) is 37.4 Å². The number of nitrogens with one attached hydrogen (secondary N) is 2. The van der Waals surface area contributed by atoms with Gasteiger partial charge in [0.1, 0.15) is 36.9 Å². The molecule has 1 aliphatic carbocycles. The quantitative estimate of drug-likeness (QED) is 0.394. The molecule has 0 saturated heterocycles. The van der Waals surface area contributed by atoms with Crippen LogP contribution in [-0.2, 0) is 9.53 Å². The number of benzene rings is 2. The van der Waals surface area contributed by atoms with E-state index < -0.39 is 18.2 Å². The van der Waals surface area contributed by atoms with Gasteiger partial charge in [0.25, 0.3) is 0 Å². The summed E-state index contributed by atoms with van der Waals surface area (Å²) in [5, 5.41) is 17.6. The molecule has 216 valence electrons. The molecule has 2 amide bonds. The topological polar surface area (TPSA) is 109 Å². The smallest absolute Gasteiger partial charge is 0.416 e. The van der Waals surface area contributed by atoms with Gasteiger partial charge in [-0.05, 0) is 60.0 Å². The molecule has 2 heterocycles. The van der Waals surface area contributed by atoms with Gasteiger partial charge in [0.15, 0.2) is 0 Å². The van der Waals surface area contributed by atoms with Crippen LogP contribution in [0, 0.1) is 5.92 Å². The molecule has 9 nitrogen and oxygen atoms in total. The third kappa shape index (κ3) is 6.87. The number of aliphatic hydroxyl groups excluding tert-OH is 1. The van der Waals surface area contributed by atoms with E-state index in [1.54, 1.807) is 41.3 Å². The molecular weight excluding hydrogens is 569 g/mol. The maximum Gasteiger partial charge on any atom is 0.416 e. The Bertz CT molecular complexity index is 1360. The molecule has 2 aromatic carbocycles. The van der Waals surface area contributed by atoms with Crippen LogP contribution in [0.3, 0.4) is 0 Å². The molecule has 5 rings (SSSR count). The Hall–Kier alpha value is -3.50. The zero-order valence-electron chi connectivity index (χ0n) is 22.4. The predicted molar refractivity (Wildman–Crippen MR) is 155 cm³/mol. The van der Waals surface area contributed by atoms with E-state index in [0.717, 1.165) is 11.3 Å². The van der Waals surface area contributed by atoms with Crippen molar-refractivity contribution in [1.29, 1.82) is 0 Å². The van der Waals surface area contributed by atoms with E-state index in [0.29, 0.717) is 34.5 Å². The standard InChI is InChI=1S/C30H31Cl2N3O6/c1-39-17-27(37)33-15-21(36)16-40-22-7-2-18(3-8-22)29-28-24(25-14-20(32)6-11-26(25)34-28)12-13-35(29)30(38)41-23-9-4-19(31)5-10-23/h2-11,14,21,25-26,29,34,36H,12-13,15-17H2,1H3,(H,33,37). The Balaban J connectivity index is 1.33. The van der Waals surface area contributed by atoms with Gasteiger partial charge >= 0.3 is 6.09 Å². The Kier molecular flexibility index (Phi) is 9.19. The molecule has 0 saturated carbocycles. The third-order valence-corrected chi connectivity index (χ3v) is 7.67. The number of nitrogens with zero attached hydrogens (tertiary/aromatic N) is 1. The Morgan fingerprint density at radius 2 is 1.85 bits per heavy atom. The summed E-state index contributed by atoms with van der Waals surface area (Å²) in [6.45, 7) is 0.434. The minimum absolute atomic E-state index is 0.00474. The molecule has 2 aliphatic heterocycles. The van der Waals surface area contributed by atoms with Crippen molar-refractivity contribution in [3.05, 3.63) is 93.6 Å². The van der Waals surface area contributed by atoms with Crippen LogP contribution in [0.2, 0.25) is 5.02 Å². The van der Waals surface area contributed by atoms with Crippen LogP contribution >= 0.6 is 23.2 Å². The minimum atomic E-state index is -0.890. The lowest BCUT2D eigenvalue weighted by atomic mass is 9.85. The Morgan fingerprint density at radius 3 is 2.59 bits per heavy atom. The summed E-state index contributed by atoms with van der Waals surface area (Å²) in [6.07, 6.45) is 5.32. The SMILES string of the molecule is COCC(=O)NCC(O)COc1ccc(C2C3=C(CCN2C(=O)Oc2ccc(Cl)cc2)C2C=C(Cl)C=CC2N3)cc1. The maximum atomic E-state index is 13.5. The molecule has 0 fully saturated rings. The van der Waals surface area contributed by atoms with Gasteiger partial charge in [-0.15, -0.1) is 0 Å². The van der Waals surface area contributed by atoms with Crippen LogP contribution in [-0.4, -0.2) is 67.6 Å². The first kappa shape index (κ1) is 29.0. The van der Waals surface area contributed by atoms with Crippen LogP contribution in [0.15, 0.2) is 83.1 Å². The third-order valence-electron chi connectivity index (χ3n) is 7.17. The lowest BCUT2D eigenvalue weighted by Crippen LogP contribution is -2.43. The Labute approximate surface area is 248 Å². The van der Waals surface area contributed by atoms with E-state index in [-0.39, 0.29) is 37.6 Å². The molecule has 0 bridgehead atoms. The van der Waals surface area contributed by atoms with Crippen molar-refractivity contribution in [2.24, 2.45) is 5.92 Å². The number of carbonyl (C=O) groups excluding carboxylic acids is 2. The average molecular weight is 600 g/mol. The summed E-state index contributed by atoms with van der Waals surface area (Å²) in [5.41, 5.74) is 3.05. The highest BCUT2D eigenvalue weighted by atomic mass is 35.5. The van der Waals surface area contributed by atoms with Crippen LogP contribution in [0.1, 0.15) is 18.0 Å². The van der Waals surface area contributed by atoms with Crippen LogP contribution < -0.4 is 20.1 Å². The number of hydrogen-bond acceptors (Lipinski definition) is 7. The molecule has 4 unspecified atom stereocenters. The zero-order chi connectivity index (χ0) is 28.9. The first-order valence-electron chi connectivity index (χ1n) is 13.3. The number of ether oxygens (including phenoxy) is 3. The van der Waals surface area contributed by atoms with E-state index in [9.17, 15) is 14.7 Å². The highest BCUT2D eigenvalue weighted by Gasteiger charge is 2.43. The molecule has 0 spiro atoms. The summed E-state index contributed by atoms with van der Waals surface area (Å²) in [5.74, 6) is 0.754. The van der Waals surface area contributed by atoms with E-state index in [1.807, 2.05) is 18.2 Å². The molecule has 3 aliphatic rings. The number of rotatable bonds is 9. The van der Waals surface area contributed by atoms with Gasteiger partial charge in [0.2, 0.25) is 5.91 Å². The van der Waals surface area contributed by atoms with E-state index in [2.05, 4.69) is 22.8 Å². The van der Waals surface area contributed by atoms with Gasteiger partial charge in [0.05, 0.1) is 6.04 Å². The molecule has 0 radical (unpaired) electrons. The van der Waals surface area contributed by atoms with E-state index in [1.165, 1.54) is 12.7 Å². The first-order chi connectivity index (χ1) is 19.8. The zero-order valence-corrected chi connectivity index (χ0v) is 23.9. The number of halogens is 2. The highest BCUT2D eigenvalue weighted by Crippen LogP contribution is 2.45. The second-order valence-corrected chi connectivity index (χ2v) is 10.9. The fraction of sp³-hybridized carbons (Fsp3) is 0.333. The predicted octanol–water partition coefficient (Wildman–Crippen LogP) is 4.32. The molecule has 3 N–H and O–H groups in total. The molecule has 2 aromatic rings. The molecule has 0 aromatic heterocycles. The fourth-order valence-electron chi connectivity index (χ4n) is 5.25. The lowest BCUT2D eigenvalue weighted by Gasteiger charge is -2.37. The number of amides is 2. The Morgan fingerprint density at radius 1 is 1.12 bits per heavy atom. The molecular formula is C30H31Cl2N3O6. The first-order valence-corrected chi connectivity index (χ1v) is 14.0. The summed E-state index contributed by atoms with van der Waals surface area (Å²) < 4.78 is 16.2. The van der Waals surface area contributed by atoms with Gasteiger partial charge in [-0.3, -0.25) is 9.69 Å². The van der Waals surface area contributed by atoms with Gasteiger partial charge in [-0.2, -0.15) is 0 Å². The number of carbonyl (C=O) groups is 2. The van der Waals surface area contributed by atoms with Crippen molar-refractivity contribution >= 4 is 35.2 Å². The number of aliphatic hydroxyl groups is 1. The van der Waals surface area contributed by atoms with Crippen molar-refractivity contribution in [3.8, 4) is 11.5 Å². The normalized spacial score (nSPS) is 21.8. The largest absolute Gasteiger partial charge is 0.491 e. The second-order valence-electron chi connectivity index (χ2n) is 9.98. The number of methoxy groups -OCH3 is 1. The molecule has 11 heteroatoms. The van der Waals surface area contributed by atoms with Gasteiger partial charge in [0, 0.05) is 41.9 Å². The van der Waals surface area contributed by atoms with Gasteiger partial charge < -0.3 is 30.0 Å². The fourth-order valence-corrected chi connectivity index (χ4v) is 5.59. The van der Waals surface area contributed by atoms with Crippen LogP contribution in [0.5, 0.6) is 11.5 Å². The van der Waals surface area contributed by atoms with Crippen LogP contribution in [0.4, 0.5) is 4.79 Å². The van der Waals surface area contributed by atoms with Crippen molar-refractivity contribution in [1.82, 2.24) is 15.5 Å². The van der Waals surface area contributed by atoms with Crippen molar-refractivity contribution < 1.29 is 28.9 Å². The molecule has 41 heavy (non-hydrogen) atoms. The molecule has 4 atom stereocenters. The minimum Gasteiger partial charge on any atom is -0.491 e. The van der Waals surface area contributed by atoms with Gasteiger partial charge in [-0.25, -0.2) is 4.79 Å². The van der Waals surface area contributed by atoms with Crippen molar-refractivity contribution in [2.75, 3.05) is 33.4 Å². The number of fused-ring (bicyclic) bond motifs is 2. The number of hydrogen-bond donors (Lipinski definition) is 3. The summed E-state index contributed by atoms with van der Waals surface area (Å²) >= 11 is 12.3. The highest BCUT2D eigenvalue weighted by molar-refractivity contribution is 6.31. The maximum absolute atomic E-state index is 13.5. The summed E-state index contributed by atoms with van der Waals surface area (Å²) in [4.78, 5) is 26.7. The second kappa shape index (κ2) is 13.0. The lowest BCUT2D eigenvalue weighted by molar-refractivity contribution is -0.125. The average Bonchev–Trinajstić information content (AvgIpc) is 3.34. The van der Waals surface area contributed by atoms with Crippen molar-refractivity contribution in [2.45, 2.75) is 24.6 Å². The number of allylic oxidation sites excluding steroid dienone is 2. The van der Waals surface area contributed by atoms with Crippen molar-refractivity contribution in [3.63, 3.8) is 0 Å². The summed E-state index contributed by atoms with van der Waals surface area (Å²) in [7, 11) is 1.43. The van der Waals surface area contributed by atoms with Gasteiger partial charge in [-0.1, -0.05) is 47.5 Å². The summed E-state index contributed by atoms with van der Waals surface area (Å²) in [6, 6.07) is 13.7. The van der Waals surface area contributed by atoms with Crippen LogP contribution in [0.25, 0.3) is 0 Å². The monoisotopic (exact) mass is 599 g/mol. The van der Waals surface area contributed by atoms with E-state index >= 15 is 0 Å².